The number of pyridine rings is 1. The van der Waals surface area contributed by atoms with Crippen LogP contribution in [0.25, 0.3) is 10.9 Å². The summed E-state index contributed by atoms with van der Waals surface area (Å²) in [4.78, 5) is 19.8. The number of aromatic amines is 1. The standard InChI is InChI=1S/C14H17N3O2S/c1-3-19-14(18)12-11-9(13(17-12)20-2)10(15)7-5-4-6-8(7)16-11/h17H,3-6,15H2,1-2H3. The molecular weight excluding hydrogens is 274 g/mol. The molecule has 3 N–H and O–H groups in total. The Kier molecular flexibility index (Phi) is 3.33. The van der Waals surface area contributed by atoms with Crippen molar-refractivity contribution in [1.82, 2.24) is 9.97 Å². The summed E-state index contributed by atoms with van der Waals surface area (Å²) in [6.07, 6.45) is 4.93. The molecule has 0 amide bonds. The lowest BCUT2D eigenvalue weighted by Crippen LogP contribution is -2.06. The van der Waals surface area contributed by atoms with Gasteiger partial charge in [0.05, 0.1) is 17.0 Å². The summed E-state index contributed by atoms with van der Waals surface area (Å²) in [7, 11) is 0. The lowest BCUT2D eigenvalue weighted by Gasteiger charge is -2.06. The molecule has 0 atom stereocenters. The highest BCUT2D eigenvalue weighted by Gasteiger charge is 2.25. The highest BCUT2D eigenvalue weighted by Crippen LogP contribution is 2.38. The number of nitrogens with zero attached hydrogens (tertiary/aromatic N) is 1. The number of aromatic nitrogens is 2. The molecule has 1 aliphatic rings. The second kappa shape index (κ2) is 5.01. The average molecular weight is 291 g/mol. The normalized spacial score (nSPS) is 13.7. The Morgan fingerprint density at radius 2 is 2.30 bits per heavy atom. The molecule has 0 unspecified atom stereocenters. The summed E-state index contributed by atoms with van der Waals surface area (Å²) in [5.74, 6) is -0.373. The zero-order valence-corrected chi connectivity index (χ0v) is 12.4. The average Bonchev–Trinajstić information content (AvgIpc) is 3.03. The molecule has 0 fully saturated rings. The van der Waals surface area contributed by atoms with Crippen LogP contribution in [0.2, 0.25) is 0 Å². The molecular formula is C14H17N3O2S. The number of nitrogens with one attached hydrogen (secondary N) is 1. The summed E-state index contributed by atoms with van der Waals surface area (Å²) >= 11 is 1.53. The number of H-pyrrole nitrogens is 1. The Morgan fingerprint density at radius 3 is 3.00 bits per heavy atom. The third-order valence-corrected chi connectivity index (χ3v) is 4.37. The molecule has 0 aliphatic heterocycles. The van der Waals surface area contributed by atoms with E-state index in [4.69, 9.17) is 10.5 Å². The number of esters is 1. The summed E-state index contributed by atoms with van der Waals surface area (Å²) in [5, 5.41) is 1.74. The van der Waals surface area contributed by atoms with Crippen LogP contribution in [0.5, 0.6) is 0 Å². The number of hydrogen-bond acceptors (Lipinski definition) is 5. The molecule has 0 saturated carbocycles. The van der Waals surface area contributed by atoms with E-state index in [9.17, 15) is 4.79 Å². The van der Waals surface area contributed by atoms with Gasteiger partial charge in [0.25, 0.3) is 0 Å². The van der Waals surface area contributed by atoms with Gasteiger partial charge in [0, 0.05) is 11.4 Å². The second-order valence-corrected chi connectivity index (χ2v) is 5.60. The van der Waals surface area contributed by atoms with Gasteiger partial charge in [0.1, 0.15) is 5.52 Å². The van der Waals surface area contributed by atoms with Crippen molar-refractivity contribution >= 4 is 34.3 Å². The van der Waals surface area contributed by atoms with E-state index >= 15 is 0 Å². The molecule has 2 aromatic rings. The topological polar surface area (TPSA) is 81.0 Å². The number of fused-ring (bicyclic) bond motifs is 2. The highest BCUT2D eigenvalue weighted by molar-refractivity contribution is 7.98. The third-order valence-electron chi connectivity index (χ3n) is 3.65. The van der Waals surface area contributed by atoms with Crippen LogP contribution < -0.4 is 5.73 Å². The number of hydrogen-bond donors (Lipinski definition) is 2. The molecule has 0 bridgehead atoms. The molecule has 0 spiro atoms. The van der Waals surface area contributed by atoms with Crippen molar-refractivity contribution in [3.8, 4) is 0 Å². The van der Waals surface area contributed by atoms with Gasteiger partial charge in [0.2, 0.25) is 0 Å². The van der Waals surface area contributed by atoms with Crippen LogP contribution in [0, 0.1) is 0 Å². The SMILES string of the molecule is CCOC(=O)c1[nH]c(SC)c2c(N)c3c(nc12)CCC3. The van der Waals surface area contributed by atoms with Gasteiger partial charge in [-0.25, -0.2) is 9.78 Å². The summed E-state index contributed by atoms with van der Waals surface area (Å²) in [6.45, 7) is 2.13. The number of carbonyl (C=O) groups excluding carboxylic acids is 1. The molecule has 2 aromatic heterocycles. The summed E-state index contributed by atoms with van der Waals surface area (Å²) in [6, 6.07) is 0. The van der Waals surface area contributed by atoms with Crippen LogP contribution in [0.3, 0.4) is 0 Å². The Hall–Kier alpha value is -1.69. The van der Waals surface area contributed by atoms with Crippen molar-refractivity contribution in [2.75, 3.05) is 18.6 Å². The molecule has 20 heavy (non-hydrogen) atoms. The van der Waals surface area contributed by atoms with E-state index in [1.165, 1.54) is 11.8 Å². The fraction of sp³-hybridized carbons (Fsp3) is 0.429. The molecule has 1 aliphatic carbocycles. The molecule has 106 valence electrons. The van der Waals surface area contributed by atoms with Crippen molar-refractivity contribution < 1.29 is 9.53 Å². The Labute approximate surface area is 121 Å². The monoisotopic (exact) mass is 291 g/mol. The first kappa shape index (κ1) is 13.3. The first-order chi connectivity index (χ1) is 9.67. The highest BCUT2D eigenvalue weighted by atomic mass is 32.2. The Bertz CT molecular complexity index is 694. The number of carbonyl (C=O) groups is 1. The quantitative estimate of drug-likeness (QED) is 0.671. The largest absolute Gasteiger partial charge is 0.461 e. The van der Waals surface area contributed by atoms with Crippen molar-refractivity contribution in [2.45, 2.75) is 31.2 Å². The molecule has 0 radical (unpaired) electrons. The van der Waals surface area contributed by atoms with E-state index in [2.05, 4.69) is 9.97 Å². The van der Waals surface area contributed by atoms with Crippen LogP contribution >= 0.6 is 11.8 Å². The van der Waals surface area contributed by atoms with Crippen molar-refractivity contribution in [3.63, 3.8) is 0 Å². The van der Waals surface area contributed by atoms with Gasteiger partial charge >= 0.3 is 5.97 Å². The molecule has 6 heteroatoms. The number of rotatable bonds is 3. The number of nitrogens with two attached hydrogens (primary N) is 1. The minimum Gasteiger partial charge on any atom is -0.461 e. The van der Waals surface area contributed by atoms with Crippen LogP contribution in [0.4, 0.5) is 5.69 Å². The minimum atomic E-state index is -0.373. The van der Waals surface area contributed by atoms with E-state index in [1.54, 1.807) is 6.92 Å². The number of nitrogen functional groups attached to an aromatic ring is 1. The Morgan fingerprint density at radius 1 is 1.50 bits per heavy atom. The molecule has 2 heterocycles. The maximum Gasteiger partial charge on any atom is 0.357 e. The van der Waals surface area contributed by atoms with Gasteiger partial charge < -0.3 is 15.5 Å². The molecule has 3 rings (SSSR count). The van der Waals surface area contributed by atoms with Gasteiger partial charge in [-0.05, 0) is 38.0 Å². The maximum atomic E-state index is 12.1. The van der Waals surface area contributed by atoms with Crippen LogP contribution in [0.15, 0.2) is 5.03 Å². The second-order valence-electron chi connectivity index (χ2n) is 4.78. The van der Waals surface area contributed by atoms with Crippen LogP contribution in [-0.4, -0.2) is 28.8 Å². The predicted octanol–water partition coefficient (Wildman–Crippen LogP) is 2.53. The number of ether oxygens (including phenoxy) is 1. The predicted molar refractivity (Wildman–Crippen MR) is 80.3 cm³/mol. The number of anilines is 1. The van der Waals surface area contributed by atoms with Gasteiger partial charge in [-0.2, -0.15) is 0 Å². The van der Waals surface area contributed by atoms with Gasteiger partial charge in [-0.3, -0.25) is 0 Å². The fourth-order valence-electron chi connectivity index (χ4n) is 2.76. The summed E-state index contributed by atoms with van der Waals surface area (Å²) in [5.41, 5.74) is 10.3. The first-order valence-electron chi connectivity index (χ1n) is 6.71. The molecule has 0 aromatic carbocycles. The van der Waals surface area contributed by atoms with E-state index in [1.807, 2.05) is 6.26 Å². The number of thioether (sulfide) groups is 1. The zero-order chi connectivity index (χ0) is 14.3. The maximum absolute atomic E-state index is 12.1. The fourth-order valence-corrected chi connectivity index (χ4v) is 3.38. The lowest BCUT2D eigenvalue weighted by atomic mass is 10.1. The van der Waals surface area contributed by atoms with E-state index < -0.39 is 0 Å². The van der Waals surface area contributed by atoms with Crippen molar-refractivity contribution in [1.29, 1.82) is 0 Å². The first-order valence-corrected chi connectivity index (χ1v) is 7.93. The third kappa shape index (κ3) is 1.86. The van der Waals surface area contributed by atoms with E-state index in [0.29, 0.717) is 17.8 Å². The zero-order valence-electron chi connectivity index (χ0n) is 11.6. The Balaban J connectivity index is 2.28. The molecule has 0 saturated heterocycles. The van der Waals surface area contributed by atoms with Crippen LogP contribution in [-0.2, 0) is 17.6 Å². The van der Waals surface area contributed by atoms with Crippen molar-refractivity contribution in [2.24, 2.45) is 0 Å². The molecule has 5 nitrogen and oxygen atoms in total. The van der Waals surface area contributed by atoms with E-state index in [0.717, 1.165) is 46.6 Å². The van der Waals surface area contributed by atoms with E-state index in [-0.39, 0.29) is 5.97 Å². The number of aryl methyl sites for hydroxylation is 1. The minimum absolute atomic E-state index is 0.342. The van der Waals surface area contributed by atoms with Crippen LogP contribution in [0.1, 0.15) is 35.1 Å². The lowest BCUT2D eigenvalue weighted by molar-refractivity contribution is 0.0522. The van der Waals surface area contributed by atoms with Gasteiger partial charge in [-0.15, -0.1) is 11.8 Å². The van der Waals surface area contributed by atoms with Gasteiger partial charge in [-0.1, -0.05) is 0 Å². The smallest absolute Gasteiger partial charge is 0.357 e. The summed E-state index contributed by atoms with van der Waals surface area (Å²) < 4.78 is 5.09. The van der Waals surface area contributed by atoms with Crippen molar-refractivity contribution in [3.05, 3.63) is 17.0 Å². The van der Waals surface area contributed by atoms with Gasteiger partial charge in [0.15, 0.2) is 5.69 Å².